The molecular weight excluding hydrogens is 310 g/mol. The number of aromatic nitrogens is 2. The molecule has 1 aromatic heterocycles. The van der Waals surface area contributed by atoms with Crippen molar-refractivity contribution in [2.24, 2.45) is 0 Å². The summed E-state index contributed by atoms with van der Waals surface area (Å²) in [6.45, 7) is 6.01. The lowest BCUT2D eigenvalue weighted by Gasteiger charge is -2.06. The molecule has 0 spiro atoms. The molecule has 2 rings (SSSR count). The van der Waals surface area contributed by atoms with E-state index in [0.29, 0.717) is 18.3 Å². The lowest BCUT2D eigenvalue weighted by molar-refractivity contribution is 0.199. The Hall–Kier alpha value is -1.21. The van der Waals surface area contributed by atoms with Crippen molar-refractivity contribution in [1.82, 2.24) is 15.5 Å². The first-order chi connectivity index (χ1) is 10.1. The minimum Gasteiger partial charge on any atom is -0.430 e. The minimum atomic E-state index is 0.527. The summed E-state index contributed by atoms with van der Waals surface area (Å²) in [4.78, 5) is 0. The van der Waals surface area contributed by atoms with E-state index in [0.717, 1.165) is 33.5 Å². The summed E-state index contributed by atoms with van der Waals surface area (Å²) in [5.74, 6) is 0.726. The topological polar surface area (TPSA) is 56.3 Å². The molecule has 0 saturated heterocycles. The van der Waals surface area contributed by atoms with E-state index in [2.05, 4.69) is 15.5 Å². The van der Waals surface area contributed by atoms with Crippen LogP contribution in [0.15, 0.2) is 12.1 Å². The number of hydrogen-bond donors (Lipinski definition) is 1. The Morgan fingerprint density at radius 3 is 2.62 bits per heavy atom. The van der Waals surface area contributed by atoms with E-state index >= 15 is 0 Å². The van der Waals surface area contributed by atoms with Crippen LogP contribution in [0.5, 0.6) is 10.9 Å². The van der Waals surface area contributed by atoms with E-state index in [1.807, 2.05) is 26.0 Å². The number of nitrogens with one attached hydrogen (secondary N) is 1. The van der Waals surface area contributed by atoms with Crippen LogP contribution in [0, 0.1) is 13.8 Å². The molecule has 21 heavy (non-hydrogen) atoms. The van der Waals surface area contributed by atoms with Gasteiger partial charge in [-0.15, -0.1) is 5.10 Å². The summed E-state index contributed by atoms with van der Waals surface area (Å²) < 4.78 is 10.7. The van der Waals surface area contributed by atoms with Crippen LogP contribution < -0.4 is 10.1 Å². The largest absolute Gasteiger partial charge is 0.430 e. The maximum Gasteiger partial charge on any atom is 0.299 e. The fourth-order valence-corrected chi connectivity index (χ4v) is 2.57. The van der Waals surface area contributed by atoms with Crippen LogP contribution in [0.3, 0.4) is 0 Å². The van der Waals surface area contributed by atoms with Crippen LogP contribution in [0.4, 0.5) is 0 Å². The van der Waals surface area contributed by atoms with E-state index in [-0.39, 0.29) is 0 Å². The van der Waals surface area contributed by atoms with Crippen molar-refractivity contribution in [2.45, 2.75) is 20.4 Å². The Morgan fingerprint density at radius 1 is 1.24 bits per heavy atom. The molecule has 0 unspecified atom stereocenters. The van der Waals surface area contributed by atoms with E-state index in [1.165, 1.54) is 11.3 Å². The lowest BCUT2D eigenvalue weighted by atomic mass is 10.1. The summed E-state index contributed by atoms with van der Waals surface area (Å²) in [6.07, 6.45) is 0. The molecular formula is C14H18ClN3O2S. The molecule has 2 aromatic rings. The second-order valence-electron chi connectivity index (χ2n) is 4.60. The van der Waals surface area contributed by atoms with Gasteiger partial charge in [0.15, 0.2) is 0 Å². The number of nitrogens with zero attached hydrogens (tertiary/aromatic N) is 2. The maximum absolute atomic E-state index is 6.14. The van der Waals surface area contributed by atoms with Crippen molar-refractivity contribution in [3.8, 4) is 10.9 Å². The van der Waals surface area contributed by atoms with Crippen LogP contribution in [-0.2, 0) is 11.3 Å². The van der Waals surface area contributed by atoms with Crippen LogP contribution in [0.1, 0.15) is 16.1 Å². The third-order valence-electron chi connectivity index (χ3n) is 2.82. The van der Waals surface area contributed by atoms with Gasteiger partial charge in [0.1, 0.15) is 10.8 Å². The van der Waals surface area contributed by atoms with Gasteiger partial charge in [-0.05, 0) is 37.1 Å². The number of methoxy groups -OCH3 is 1. The quantitative estimate of drug-likeness (QED) is 0.790. The molecule has 0 atom stereocenters. The summed E-state index contributed by atoms with van der Waals surface area (Å²) >= 11 is 7.56. The van der Waals surface area contributed by atoms with Gasteiger partial charge >= 0.3 is 0 Å². The molecule has 1 aromatic carbocycles. The van der Waals surface area contributed by atoms with Crippen molar-refractivity contribution in [2.75, 3.05) is 20.3 Å². The summed E-state index contributed by atoms with van der Waals surface area (Å²) in [7, 11) is 1.68. The molecule has 0 fully saturated rings. The number of ether oxygens (including phenoxy) is 2. The summed E-state index contributed by atoms with van der Waals surface area (Å²) in [5.41, 5.74) is 1.97. The Bertz CT molecular complexity index is 581. The fourth-order valence-electron chi connectivity index (χ4n) is 1.79. The summed E-state index contributed by atoms with van der Waals surface area (Å²) in [6, 6.07) is 3.79. The molecule has 114 valence electrons. The average Bonchev–Trinajstić information content (AvgIpc) is 2.88. The van der Waals surface area contributed by atoms with Crippen LogP contribution in [0.25, 0.3) is 0 Å². The zero-order valence-corrected chi connectivity index (χ0v) is 13.8. The molecule has 7 heteroatoms. The molecule has 0 aliphatic rings. The zero-order valence-electron chi connectivity index (χ0n) is 12.3. The Morgan fingerprint density at radius 2 is 1.95 bits per heavy atom. The van der Waals surface area contributed by atoms with Gasteiger partial charge in [-0.3, -0.25) is 0 Å². The first-order valence-corrected chi connectivity index (χ1v) is 7.76. The number of aryl methyl sites for hydroxylation is 2. The SMILES string of the molecule is COCCNCc1nnc(Oc2cc(C)c(Cl)c(C)c2)s1. The van der Waals surface area contributed by atoms with Crippen LogP contribution >= 0.6 is 22.9 Å². The third-order valence-corrected chi connectivity index (χ3v) is 4.22. The van der Waals surface area contributed by atoms with Gasteiger partial charge < -0.3 is 14.8 Å². The normalized spacial score (nSPS) is 10.9. The van der Waals surface area contributed by atoms with Gasteiger partial charge in [0.2, 0.25) is 0 Å². The Balaban J connectivity index is 1.96. The van der Waals surface area contributed by atoms with E-state index < -0.39 is 0 Å². The van der Waals surface area contributed by atoms with Crippen molar-refractivity contribution in [1.29, 1.82) is 0 Å². The van der Waals surface area contributed by atoms with E-state index in [9.17, 15) is 0 Å². The van der Waals surface area contributed by atoms with Gasteiger partial charge in [-0.25, -0.2) is 0 Å². The first-order valence-electron chi connectivity index (χ1n) is 6.56. The summed E-state index contributed by atoms with van der Waals surface area (Å²) in [5, 5.41) is 13.5. The van der Waals surface area contributed by atoms with Gasteiger partial charge in [0.25, 0.3) is 5.19 Å². The molecule has 0 saturated carbocycles. The predicted molar refractivity (Wildman–Crippen MR) is 84.5 cm³/mol. The molecule has 0 aliphatic heterocycles. The third kappa shape index (κ3) is 4.64. The second kappa shape index (κ2) is 7.70. The molecule has 5 nitrogen and oxygen atoms in total. The minimum absolute atomic E-state index is 0.527. The fraction of sp³-hybridized carbons (Fsp3) is 0.429. The van der Waals surface area contributed by atoms with Crippen molar-refractivity contribution < 1.29 is 9.47 Å². The first kappa shape index (κ1) is 16.2. The molecule has 1 N–H and O–H groups in total. The monoisotopic (exact) mass is 327 g/mol. The van der Waals surface area contributed by atoms with Crippen LogP contribution in [-0.4, -0.2) is 30.5 Å². The molecule has 1 heterocycles. The number of hydrogen-bond acceptors (Lipinski definition) is 6. The highest BCUT2D eigenvalue weighted by Crippen LogP contribution is 2.30. The average molecular weight is 328 g/mol. The highest BCUT2D eigenvalue weighted by atomic mass is 35.5. The highest BCUT2D eigenvalue weighted by Gasteiger charge is 2.08. The number of benzene rings is 1. The van der Waals surface area contributed by atoms with Gasteiger partial charge in [-0.1, -0.05) is 28.0 Å². The lowest BCUT2D eigenvalue weighted by Crippen LogP contribution is -2.18. The number of halogens is 1. The maximum atomic E-state index is 6.14. The standard InChI is InChI=1S/C14H18ClN3O2S/c1-9-6-11(7-10(2)13(9)15)20-14-18-17-12(21-14)8-16-4-5-19-3/h6-7,16H,4-5,8H2,1-3H3. The highest BCUT2D eigenvalue weighted by molar-refractivity contribution is 7.13. The number of rotatable bonds is 7. The van der Waals surface area contributed by atoms with Gasteiger partial charge in [0, 0.05) is 25.2 Å². The zero-order chi connectivity index (χ0) is 15.2. The smallest absolute Gasteiger partial charge is 0.299 e. The van der Waals surface area contributed by atoms with Crippen molar-refractivity contribution >= 4 is 22.9 Å². The van der Waals surface area contributed by atoms with E-state index in [4.69, 9.17) is 21.1 Å². The Labute approximate surface area is 133 Å². The Kier molecular flexibility index (Phi) is 5.93. The molecule has 0 bridgehead atoms. The van der Waals surface area contributed by atoms with Crippen LogP contribution in [0.2, 0.25) is 5.02 Å². The molecule has 0 aliphatic carbocycles. The van der Waals surface area contributed by atoms with Gasteiger partial charge in [0.05, 0.1) is 6.61 Å². The van der Waals surface area contributed by atoms with Gasteiger partial charge in [-0.2, -0.15) is 0 Å². The predicted octanol–water partition coefficient (Wildman–Crippen LogP) is 3.34. The van der Waals surface area contributed by atoms with E-state index in [1.54, 1.807) is 7.11 Å². The molecule has 0 radical (unpaired) electrons. The van der Waals surface area contributed by atoms with Crippen molar-refractivity contribution in [3.63, 3.8) is 0 Å². The second-order valence-corrected chi connectivity index (χ2v) is 6.01. The van der Waals surface area contributed by atoms with Crippen molar-refractivity contribution in [3.05, 3.63) is 33.3 Å². The molecule has 0 amide bonds.